The Morgan fingerprint density at radius 2 is 2.04 bits per heavy atom. The number of ether oxygens (including phenoxy) is 2. The number of nitrogens with one attached hydrogen (secondary N) is 2. The zero-order valence-corrected chi connectivity index (χ0v) is 16.5. The van der Waals surface area contributed by atoms with Gasteiger partial charge in [0.15, 0.2) is 6.10 Å². The molecule has 0 radical (unpaired) electrons. The first kappa shape index (κ1) is 17.7. The number of hydrazine groups is 1. The maximum Gasteiger partial charge on any atom is 0.340 e. The molecule has 0 aromatic carbocycles. The van der Waals surface area contributed by atoms with Gasteiger partial charge in [0.2, 0.25) is 0 Å². The Morgan fingerprint density at radius 1 is 1.07 bits per heavy atom. The van der Waals surface area contributed by atoms with Gasteiger partial charge in [-0.2, -0.15) is 0 Å². The quantitative estimate of drug-likeness (QED) is 0.566. The number of allylic oxidation sites excluding steroid dienone is 3. The van der Waals surface area contributed by atoms with Gasteiger partial charge in [-0.25, -0.2) is 4.79 Å². The highest BCUT2D eigenvalue weighted by atomic mass is 16.6. The minimum Gasteiger partial charge on any atom is -0.429 e. The molecule has 0 aromatic rings. The van der Waals surface area contributed by atoms with Crippen molar-refractivity contribution in [3.8, 4) is 0 Å². The lowest BCUT2D eigenvalue weighted by atomic mass is 9.54. The molecule has 4 fully saturated rings. The molecule has 2 saturated carbocycles. The topological polar surface area (TPSA) is 59.6 Å². The van der Waals surface area contributed by atoms with Crippen LogP contribution in [-0.4, -0.2) is 31.3 Å². The number of hydrogen-bond donors (Lipinski definition) is 2. The molecule has 2 aliphatic heterocycles. The number of rotatable bonds is 2. The molecule has 152 valence electrons. The lowest BCUT2D eigenvalue weighted by molar-refractivity contribution is -0.150. The molecule has 0 aromatic heterocycles. The Morgan fingerprint density at radius 3 is 2.93 bits per heavy atom. The van der Waals surface area contributed by atoms with Crippen LogP contribution in [0.1, 0.15) is 44.9 Å². The van der Waals surface area contributed by atoms with Gasteiger partial charge < -0.3 is 9.47 Å². The van der Waals surface area contributed by atoms with Crippen molar-refractivity contribution in [2.45, 2.75) is 57.1 Å². The predicted octanol–water partition coefficient (Wildman–Crippen LogP) is 2.94. The maximum atomic E-state index is 12.4. The Balaban J connectivity index is 1.17. The molecule has 4 aliphatic carbocycles. The van der Waals surface area contributed by atoms with Crippen LogP contribution in [0.2, 0.25) is 0 Å². The third-order valence-electron chi connectivity index (χ3n) is 8.70. The van der Waals surface area contributed by atoms with E-state index in [0.717, 1.165) is 61.2 Å². The van der Waals surface area contributed by atoms with E-state index in [2.05, 4.69) is 29.1 Å². The SMILES string of the molecule is O=C(OC1=CCC2C1C=CC1C3CC4CNN[C@@H]4CC3CCC12)[C@@H]1CCCO1. The molecule has 0 spiro atoms. The normalized spacial score (nSPS) is 49.0. The smallest absolute Gasteiger partial charge is 0.340 e. The highest BCUT2D eigenvalue weighted by Crippen LogP contribution is 2.56. The van der Waals surface area contributed by atoms with E-state index in [0.29, 0.717) is 24.5 Å². The second-order valence-electron chi connectivity index (χ2n) is 9.95. The minimum absolute atomic E-state index is 0.178. The molecule has 7 unspecified atom stereocenters. The van der Waals surface area contributed by atoms with Crippen LogP contribution in [0, 0.1) is 41.4 Å². The Hall–Kier alpha value is -1.17. The number of esters is 1. The second-order valence-corrected chi connectivity index (χ2v) is 9.95. The fraction of sp³-hybridized carbons (Fsp3) is 0.783. The number of carbonyl (C=O) groups excluding carboxylic acids is 1. The molecule has 5 heteroatoms. The van der Waals surface area contributed by atoms with Crippen molar-refractivity contribution in [3.63, 3.8) is 0 Å². The zero-order chi connectivity index (χ0) is 18.7. The van der Waals surface area contributed by atoms with Gasteiger partial charge in [0, 0.05) is 25.1 Å². The molecule has 9 atom stereocenters. The molecule has 5 nitrogen and oxygen atoms in total. The first-order valence-corrected chi connectivity index (χ1v) is 11.5. The van der Waals surface area contributed by atoms with Crippen molar-refractivity contribution in [1.82, 2.24) is 10.9 Å². The predicted molar refractivity (Wildman–Crippen MR) is 105 cm³/mol. The molecule has 6 aliphatic rings. The summed E-state index contributed by atoms with van der Waals surface area (Å²) in [5, 5.41) is 0. The minimum atomic E-state index is -0.348. The molecular formula is C23H32N2O3. The van der Waals surface area contributed by atoms with Crippen molar-refractivity contribution in [2.75, 3.05) is 13.2 Å². The summed E-state index contributed by atoms with van der Waals surface area (Å²) < 4.78 is 11.3. The summed E-state index contributed by atoms with van der Waals surface area (Å²) in [7, 11) is 0. The van der Waals surface area contributed by atoms with Crippen molar-refractivity contribution in [3.05, 3.63) is 24.0 Å². The van der Waals surface area contributed by atoms with E-state index in [1.807, 2.05) is 0 Å². The van der Waals surface area contributed by atoms with E-state index in [4.69, 9.17) is 9.47 Å². The zero-order valence-electron chi connectivity index (χ0n) is 16.5. The summed E-state index contributed by atoms with van der Waals surface area (Å²) in [5.74, 6) is 5.65. The average Bonchev–Trinajstić information content (AvgIpc) is 3.46. The van der Waals surface area contributed by atoms with Crippen molar-refractivity contribution in [1.29, 1.82) is 0 Å². The maximum absolute atomic E-state index is 12.4. The largest absolute Gasteiger partial charge is 0.429 e. The average molecular weight is 385 g/mol. The molecule has 0 amide bonds. The van der Waals surface area contributed by atoms with Crippen LogP contribution in [0.3, 0.4) is 0 Å². The van der Waals surface area contributed by atoms with Gasteiger partial charge in [0.1, 0.15) is 5.76 Å². The molecule has 2 heterocycles. The monoisotopic (exact) mass is 384 g/mol. The first-order valence-electron chi connectivity index (χ1n) is 11.5. The summed E-state index contributed by atoms with van der Waals surface area (Å²) in [6.45, 7) is 1.82. The van der Waals surface area contributed by atoms with Gasteiger partial charge in [-0.1, -0.05) is 12.2 Å². The standard InChI is InChI=1S/C23H32N2O3/c26-23(22-2-1-9-27-22)28-21-8-7-16-15-4-3-13-11-20-14(12-24-25-20)10-19(13)17(15)5-6-18(16)21/h5-6,8,13-20,22,24-25H,1-4,7,9-12H2/t13?,14?,15?,16?,17?,18?,19?,20-,22+/m1/s1. The van der Waals surface area contributed by atoms with E-state index in [-0.39, 0.29) is 12.1 Å². The van der Waals surface area contributed by atoms with Gasteiger partial charge in [-0.15, -0.1) is 0 Å². The van der Waals surface area contributed by atoms with Crippen LogP contribution >= 0.6 is 0 Å². The highest BCUT2D eigenvalue weighted by Gasteiger charge is 2.51. The third-order valence-corrected chi connectivity index (χ3v) is 8.70. The first-order chi connectivity index (χ1) is 13.8. The van der Waals surface area contributed by atoms with E-state index in [1.165, 1.54) is 25.7 Å². The van der Waals surface area contributed by atoms with Gasteiger partial charge in [-0.3, -0.25) is 10.9 Å². The van der Waals surface area contributed by atoms with Crippen molar-refractivity contribution in [2.24, 2.45) is 41.4 Å². The summed E-state index contributed by atoms with van der Waals surface area (Å²) in [5.41, 5.74) is 6.91. The summed E-state index contributed by atoms with van der Waals surface area (Å²) in [6.07, 6.45) is 15.0. The van der Waals surface area contributed by atoms with E-state index < -0.39 is 0 Å². The fourth-order valence-electron chi connectivity index (χ4n) is 7.36. The second kappa shape index (κ2) is 6.96. The van der Waals surface area contributed by atoms with Crippen LogP contribution in [0.4, 0.5) is 0 Å². The van der Waals surface area contributed by atoms with Gasteiger partial charge in [-0.05, 0) is 86.5 Å². The molecule has 28 heavy (non-hydrogen) atoms. The summed E-state index contributed by atoms with van der Waals surface area (Å²) in [6, 6.07) is 0.690. The van der Waals surface area contributed by atoms with Crippen LogP contribution in [0.25, 0.3) is 0 Å². The lowest BCUT2D eigenvalue weighted by Gasteiger charge is -2.51. The van der Waals surface area contributed by atoms with Gasteiger partial charge in [0.25, 0.3) is 0 Å². The molecule has 2 N–H and O–H groups in total. The fourth-order valence-corrected chi connectivity index (χ4v) is 7.36. The van der Waals surface area contributed by atoms with Crippen LogP contribution < -0.4 is 10.9 Å². The van der Waals surface area contributed by atoms with Crippen molar-refractivity contribution >= 4 is 5.97 Å². The Kier molecular flexibility index (Phi) is 4.39. The molecule has 2 saturated heterocycles. The lowest BCUT2D eigenvalue weighted by Crippen LogP contribution is -2.47. The molecule has 6 rings (SSSR count). The van der Waals surface area contributed by atoms with Gasteiger partial charge in [0.05, 0.1) is 0 Å². The molecular weight excluding hydrogens is 352 g/mol. The number of carbonyl (C=O) groups is 1. The molecule has 0 bridgehead atoms. The summed E-state index contributed by atoms with van der Waals surface area (Å²) in [4.78, 5) is 12.4. The Bertz CT molecular complexity index is 698. The Labute approximate surface area is 167 Å². The van der Waals surface area contributed by atoms with Crippen LogP contribution in [-0.2, 0) is 14.3 Å². The van der Waals surface area contributed by atoms with Crippen molar-refractivity contribution < 1.29 is 14.3 Å². The van der Waals surface area contributed by atoms with Crippen LogP contribution in [0.5, 0.6) is 0 Å². The number of fused-ring (bicyclic) bond motifs is 6. The van der Waals surface area contributed by atoms with E-state index in [1.54, 1.807) is 0 Å². The van der Waals surface area contributed by atoms with E-state index >= 15 is 0 Å². The summed E-state index contributed by atoms with van der Waals surface area (Å²) >= 11 is 0. The van der Waals surface area contributed by atoms with E-state index in [9.17, 15) is 4.79 Å². The third kappa shape index (κ3) is 2.81. The number of hydrogen-bond acceptors (Lipinski definition) is 5. The highest BCUT2D eigenvalue weighted by molar-refractivity contribution is 5.76. The van der Waals surface area contributed by atoms with Crippen LogP contribution in [0.15, 0.2) is 24.0 Å². The van der Waals surface area contributed by atoms with Gasteiger partial charge >= 0.3 is 5.97 Å².